The molecule has 0 heterocycles. The summed E-state index contributed by atoms with van der Waals surface area (Å²) in [6.07, 6.45) is 4.55. The quantitative estimate of drug-likeness (QED) is 0.879. The smallest absolute Gasteiger partial charge is 0.190 e. The molecule has 1 aliphatic rings. The lowest BCUT2D eigenvalue weighted by molar-refractivity contribution is 0.229. The van der Waals surface area contributed by atoms with Crippen molar-refractivity contribution in [1.82, 2.24) is 0 Å². The highest BCUT2D eigenvalue weighted by atomic mass is 19.1. The van der Waals surface area contributed by atoms with Gasteiger partial charge in [-0.3, -0.25) is 0 Å². The Bertz CT molecular complexity index is 357. The number of nitrogens with two attached hydrogens (primary N) is 1. The molecular formula is C13H17F2NO. The maximum atomic E-state index is 13.3. The molecule has 0 saturated heterocycles. The van der Waals surface area contributed by atoms with Crippen LogP contribution in [0.5, 0.6) is 5.75 Å². The molecule has 1 fully saturated rings. The third-order valence-electron chi connectivity index (χ3n) is 3.34. The molecule has 1 unspecified atom stereocenters. The first-order valence-corrected chi connectivity index (χ1v) is 6.01. The van der Waals surface area contributed by atoms with Gasteiger partial charge in [-0.15, -0.1) is 0 Å². The van der Waals surface area contributed by atoms with Crippen LogP contribution in [0.2, 0.25) is 0 Å². The lowest BCUT2D eigenvalue weighted by atomic mass is 10.00. The van der Waals surface area contributed by atoms with E-state index >= 15 is 0 Å². The molecular weight excluding hydrogens is 224 g/mol. The number of ether oxygens (including phenoxy) is 1. The average molecular weight is 241 g/mol. The molecule has 2 nitrogen and oxygen atoms in total. The fourth-order valence-corrected chi connectivity index (χ4v) is 2.32. The van der Waals surface area contributed by atoms with Gasteiger partial charge in [-0.25, -0.2) is 8.78 Å². The van der Waals surface area contributed by atoms with Crippen molar-refractivity contribution < 1.29 is 13.5 Å². The Hall–Kier alpha value is -1.16. The number of halogens is 2. The minimum atomic E-state index is -0.677. The van der Waals surface area contributed by atoms with Crippen molar-refractivity contribution in [3.05, 3.63) is 29.8 Å². The van der Waals surface area contributed by atoms with Gasteiger partial charge in [0.2, 0.25) is 0 Å². The van der Waals surface area contributed by atoms with Crippen LogP contribution in [0.15, 0.2) is 18.2 Å². The Morgan fingerprint density at radius 2 is 1.82 bits per heavy atom. The Kier molecular flexibility index (Phi) is 3.94. The molecule has 0 spiro atoms. The summed E-state index contributed by atoms with van der Waals surface area (Å²) >= 11 is 0. The van der Waals surface area contributed by atoms with Crippen molar-refractivity contribution in [1.29, 1.82) is 0 Å². The lowest BCUT2D eigenvalue weighted by Crippen LogP contribution is -2.34. The van der Waals surface area contributed by atoms with Crippen LogP contribution in [0.25, 0.3) is 0 Å². The first-order chi connectivity index (χ1) is 8.18. The van der Waals surface area contributed by atoms with E-state index in [2.05, 4.69) is 0 Å². The number of benzene rings is 1. The largest absolute Gasteiger partial charge is 0.486 e. The van der Waals surface area contributed by atoms with Crippen LogP contribution in [0.1, 0.15) is 25.7 Å². The Labute approximate surface area is 99.8 Å². The predicted octanol–water partition coefficient (Wildman–Crippen LogP) is 2.86. The molecule has 1 atom stereocenters. The summed E-state index contributed by atoms with van der Waals surface area (Å²) in [5, 5.41) is 0. The van der Waals surface area contributed by atoms with Gasteiger partial charge >= 0.3 is 0 Å². The molecule has 94 valence electrons. The summed E-state index contributed by atoms with van der Waals surface area (Å²) < 4.78 is 31.7. The topological polar surface area (TPSA) is 35.2 Å². The van der Waals surface area contributed by atoms with Crippen molar-refractivity contribution in [2.24, 2.45) is 11.7 Å². The van der Waals surface area contributed by atoms with Gasteiger partial charge in [-0.05, 0) is 30.9 Å². The van der Waals surface area contributed by atoms with Gasteiger partial charge in [-0.2, -0.15) is 0 Å². The molecule has 0 amide bonds. The zero-order chi connectivity index (χ0) is 12.3. The summed E-state index contributed by atoms with van der Waals surface area (Å²) in [6.45, 7) is 0.169. The molecule has 1 aromatic carbocycles. The molecule has 1 aromatic rings. The molecule has 0 aromatic heterocycles. The summed E-state index contributed by atoms with van der Waals surface area (Å²) in [4.78, 5) is 0. The van der Waals surface area contributed by atoms with Gasteiger partial charge in [0.1, 0.15) is 6.61 Å². The van der Waals surface area contributed by atoms with Gasteiger partial charge < -0.3 is 10.5 Å². The van der Waals surface area contributed by atoms with Crippen LogP contribution < -0.4 is 10.5 Å². The fraction of sp³-hybridized carbons (Fsp3) is 0.538. The SMILES string of the molecule is NC(COc1c(F)cccc1F)C1CCCC1. The molecule has 0 radical (unpaired) electrons. The highest BCUT2D eigenvalue weighted by Crippen LogP contribution is 2.28. The van der Waals surface area contributed by atoms with Crippen molar-refractivity contribution >= 4 is 0 Å². The first kappa shape index (κ1) is 12.3. The van der Waals surface area contributed by atoms with E-state index in [4.69, 9.17) is 10.5 Å². The van der Waals surface area contributed by atoms with Crippen molar-refractivity contribution in [2.75, 3.05) is 6.61 Å². The van der Waals surface area contributed by atoms with Gasteiger partial charge in [0.25, 0.3) is 0 Å². The summed E-state index contributed by atoms with van der Waals surface area (Å²) in [6, 6.07) is 3.53. The highest BCUT2D eigenvalue weighted by Gasteiger charge is 2.23. The van der Waals surface area contributed by atoms with E-state index < -0.39 is 11.6 Å². The van der Waals surface area contributed by atoms with Crippen LogP contribution in [0.3, 0.4) is 0 Å². The van der Waals surface area contributed by atoms with E-state index in [0.29, 0.717) is 5.92 Å². The third-order valence-corrected chi connectivity index (χ3v) is 3.34. The number of para-hydroxylation sites is 1. The predicted molar refractivity (Wildman–Crippen MR) is 61.8 cm³/mol. The van der Waals surface area contributed by atoms with Crippen molar-refractivity contribution in [3.8, 4) is 5.75 Å². The van der Waals surface area contributed by atoms with Crippen LogP contribution in [0.4, 0.5) is 8.78 Å². The molecule has 1 aliphatic carbocycles. The Morgan fingerprint density at radius 1 is 1.24 bits per heavy atom. The molecule has 17 heavy (non-hydrogen) atoms. The maximum Gasteiger partial charge on any atom is 0.190 e. The normalized spacial score (nSPS) is 18.3. The number of rotatable bonds is 4. The van der Waals surface area contributed by atoms with Gasteiger partial charge in [0.05, 0.1) is 0 Å². The zero-order valence-corrected chi connectivity index (χ0v) is 9.66. The maximum absolute atomic E-state index is 13.3. The van der Waals surface area contributed by atoms with Crippen molar-refractivity contribution in [3.63, 3.8) is 0 Å². The van der Waals surface area contributed by atoms with E-state index in [1.54, 1.807) is 0 Å². The highest BCUT2D eigenvalue weighted by molar-refractivity contribution is 5.26. The van der Waals surface area contributed by atoms with E-state index in [0.717, 1.165) is 12.8 Å². The number of hydrogen-bond donors (Lipinski definition) is 1. The van der Waals surface area contributed by atoms with Crippen LogP contribution >= 0.6 is 0 Å². The second-order valence-electron chi connectivity index (χ2n) is 4.57. The Morgan fingerprint density at radius 3 is 2.41 bits per heavy atom. The van der Waals surface area contributed by atoms with Crippen LogP contribution in [0, 0.1) is 17.6 Å². The van der Waals surface area contributed by atoms with Gasteiger partial charge in [0.15, 0.2) is 17.4 Å². The average Bonchev–Trinajstić information content (AvgIpc) is 2.81. The minimum Gasteiger partial charge on any atom is -0.486 e. The van der Waals surface area contributed by atoms with Gasteiger partial charge in [-0.1, -0.05) is 18.9 Å². The second kappa shape index (κ2) is 5.45. The van der Waals surface area contributed by atoms with Crippen molar-refractivity contribution in [2.45, 2.75) is 31.7 Å². The lowest BCUT2D eigenvalue weighted by Gasteiger charge is -2.19. The zero-order valence-electron chi connectivity index (χ0n) is 9.66. The minimum absolute atomic E-state index is 0.142. The molecule has 2 rings (SSSR count). The molecule has 1 saturated carbocycles. The Balaban J connectivity index is 1.92. The van der Waals surface area contributed by atoms with E-state index in [1.165, 1.54) is 31.0 Å². The standard InChI is InChI=1S/C13H17F2NO/c14-10-6-3-7-11(15)13(10)17-8-12(16)9-4-1-2-5-9/h3,6-7,9,12H,1-2,4-5,8,16H2. The summed E-state index contributed by atoms with van der Waals surface area (Å²) in [5.74, 6) is -1.25. The van der Waals surface area contributed by atoms with Gasteiger partial charge in [0, 0.05) is 6.04 Å². The fourth-order valence-electron chi connectivity index (χ4n) is 2.32. The number of hydrogen-bond acceptors (Lipinski definition) is 2. The first-order valence-electron chi connectivity index (χ1n) is 6.01. The summed E-state index contributed by atoms with van der Waals surface area (Å²) in [5.41, 5.74) is 5.96. The van der Waals surface area contributed by atoms with Crippen LogP contribution in [-0.4, -0.2) is 12.6 Å². The van der Waals surface area contributed by atoms with Crippen LogP contribution in [-0.2, 0) is 0 Å². The molecule has 4 heteroatoms. The summed E-state index contributed by atoms with van der Waals surface area (Å²) in [7, 11) is 0. The molecule has 0 bridgehead atoms. The molecule has 2 N–H and O–H groups in total. The van der Waals surface area contributed by atoms with E-state index in [1.807, 2.05) is 0 Å². The molecule has 0 aliphatic heterocycles. The van der Waals surface area contributed by atoms with E-state index in [9.17, 15) is 8.78 Å². The van der Waals surface area contributed by atoms with E-state index in [-0.39, 0.29) is 18.4 Å². The monoisotopic (exact) mass is 241 g/mol. The second-order valence-corrected chi connectivity index (χ2v) is 4.57. The third kappa shape index (κ3) is 2.94.